The van der Waals surface area contributed by atoms with Crippen molar-refractivity contribution in [3.8, 4) is 39.1 Å². The molecule has 0 saturated heterocycles. The number of imidazole rings is 3. The van der Waals surface area contributed by atoms with Crippen molar-refractivity contribution in [3.05, 3.63) is 259 Å². The molecule has 9 aromatic carbocycles. The minimum absolute atomic E-state index is 0.0612. The summed E-state index contributed by atoms with van der Waals surface area (Å²) in [4.78, 5) is 34.9. The van der Waals surface area contributed by atoms with E-state index < -0.39 is 35.2 Å². The fraction of sp³-hybridized carbons (Fsp3) is 0.0725. The lowest BCUT2D eigenvalue weighted by atomic mass is 9.97. The number of aromatic nitrogens is 6. The van der Waals surface area contributed by atoms with Gasteiger partial charge in [-0.3, -0.25) is 4.79 Å². The van der Waals surface area contributed by atoms with Gasteiger partial charge in [-0.1, -0.05) is 156 Å². The molecule has 12 rings (SSSR count). The number of nitrogens with one attached hydrogen (secondary N) is 3. The van der Waals surface area contributed by atoms with Crippen LogP contribution >= 0.6 is 34.8 Å². The number of phenolic OH excluding ortho intramolecular Hbond substituents is 1. The predicted octanol–water partition coefficient (Wildman–Crippen LogP) is 20.6. The largest absolute Gasteiger partial charge is 0.507 e. The standard InChI is InChI=1S/C24H16ClF3N2O.C23H16ClF3N2O.C22H14ClF3N2O/c1-14(31)17-4-2-3-5-18(17)19-12-21-22(13-20(19)25)30-23(29-21)11-8-15-6-9-16(10-7-15)24(26,27)28;24-19-12-21-20(11-18(19)17-4-2-1-3-15(17)13-30)28-22(29-21)10-7-14-5-8-16(9-6-14)23(25,26)27;23-17-12-19-18(11-16(17)15-3-1-2-4-20(15)29)27-21(28-19)10-7-13-5-8-14(9-6-13)22(24,25)26/h2-13H,1H3,(H,29,30);1-12,30H,13H2,(H,28,29);1-12,29H,(H,27,28)/b11-8+;2*10-7+. The van der Waals surface area contributed by atoms with Crippen LogP contribution in [0.25, 0.3) is 103 Å². The average molecular weight is 1280 g/mol. The van der Waals surface area contributed by atoms with E-state index in [1.54, 1.807) is 97.1 Å². The number of rotatable bonds is 11. The Labute approximate surface area is 522 Å². The molecule has 0 unspecified atom stereocenters. The zero-order valence-corrected chi connectivity index (χ0v) is 48.9. The number of hydrogen-bond donors (Lipinski definition) is 5. The summed E-state index contributed by atoms with van der Waals surface area (Å²) in [5.41, 5.74) is 9.54. The number of phenols is 1. The predicted molar refractivity (Wildman–Crippen MR) is 338 cm³/mol. The number of nitrogens with zero attached hydrogens (tertiary/aromatic N) is 3. The molecule has 5 N–H and O–H groups in total. The number of ketones is 1. The van der Waals surface area contributed by atoms with Crippen molar-refractivity contribution in [2.24, 2.45) is 0 Å². The molecule has 0 aliphatic rings. The number of Topliss-reactive ketones (excluding diaryl/α,β-unsaturated/α-hetero) is 1. The molecule has 12 aromatic rings. The van der Waals surface area contributed by atoms with Crippen LogP contribution in [0, 0.1) is 0 Å². The first-order valence-electron chi connectivity index (χ1n) is 27.1. The topological polar surface area (TPSA) is 144 Å². The number of benzene rings is 9. The molecule has 0 saturated carbocycles. The summed E-state index contributed by atoms with van der Waals surface area (Å²) in [7, 11) is 0. The molecule has 0 aliphatic carbocycles. The van der Waals surface area contributed by atoms with Gasteiger partial charge in [-0.2, -0.15) is 39.5 Å². The van der Waals surface area contributed by atoms with Crippen LogP contribution in [0.15, 0.2) is 182 Å². The summed E-state index contributed by atoms with van der Waals surface area (Å²) in [6, 6.07) is 46.8. The van der Waals surface area contributed by atoms with Gasteiger partial charge in [0.1, 0.15) is 23.2 Å². The van der Waals surface area contributed by atoms with Gasteiger partial charge < -0.3 is 25.2 Å². The third-order valence-corrected chi connectivity index (χ3v) is 15.0. The van der Waals surface area contributed by atoms with Crippen LogP contribution in [-0.2, 0) is 25.1 Å². The highest BCUT2D eigenvalue weighted by Gasteiger charge is 2.31. The number of aliphatic hydroxyl groups excluding tert-OH is 1. The Kier molecular flexibility index (Phi) is 18.7. The van der Waals surface area contributed by atoms with Gasteiger partial charge in [-0.25, -0.2) is 15.0 Å². The molecule has 0 spiro atoms. The molecule has 3 aromatic heterocycles. The molecule has 454 valence electrons. The van der Waals surface area contributed by atoms with Crippen molar-refractivity contribution >= 4 is 110 Å². The molecule has 3 heterocycles. The Morgan fingerprint density at radius 3 is 1.10 bits per heavy atom. The van der Waals surface area contributed by atoms with Gasteiger partial charge >= 0.3 is 18.5 Å². The Morgan fingerprint density at radius 2 is 0.744 bits per heavy atom. The van der Waals surface area contributed by atoms with Gasteiger partial charge in [0.25, 0.3) is 0 Å². The van der Waals surface area contributed by atoms with Crippen molar-refractivity contribution in [2.45, 2.75) is 32.1 Å². The van der Waals surface area contributed by atoms with Crippen LogP contribution in [0.5, 0.6) is 5.75 Å². The maximum absolute atomic E-state index is 12.7. The minimum Gasteiger partial charge on any atom is -0.507 e. The van der Waals surface area contributed by atoms with E-state index in [0.717, 1.165) is 64.2 Å². The maximum Gasteiger partial charge on any atom is 0.416 e. The molecule has 0 aliphatic heterocycles. The Morgan fingerprint density at radius 1 is 0.422 bits per heavy atom. The van der Waals surface area contributed by atoms with Gasteiger partial charge in [0.2, 0.25) is 0 Å². The first kappa shape index (κ1) is 63.3. The summed E-state index contributed by atoms with van der Waals surface area (Å²) in [6.07, 6.45) is -3.00. The van der Waals surface area contributed by atoms with E-state index in [9.17, 15) is 54.5 Å². The zero-order chi connectivity index (χ0) is 64.1. The smallest absolute Gasteiger partial charge is 0.416 e. The monoisotopic (exact) mass is 1280 g/mol. The lowest BCUT2D eigenvalue weighted by Gasteiger charge is -2.09. The third kappa shape index (κ3) is 15.0. The lowest BCUT2D eigenvalue weighted by Crippen LogP contribution is -2.03. The fourth-order valence-electron chi connectivity index (χ4n) is 9.53. The number of aromatic amines is 3. The summed E-state index contributed by atoms with van der Waals surface area (Å²) < 4.78 is 114. The van der Waals surface area contributed by atoms with Crippen LogP contribution in [0.2, 0.25) is 15.1 Å². The fourth-order valence-corrected chi connectivity index (χ4v) is 10.3. The van der Waals surface area contributed by atoms with Crippen molar-refractivity contribution in [1.82, 2.24) is 29.9 Å². The highest BCUT2D eigenvalue weighted by molar-refractivity contribution is 6.35. The third-order valence-electron chi connectivity index (χ3n) is 14.1. The Bertz CT molecular complexity index is 4680. The molecule has 0 amide bonds. The Balaban J connectivity index is 0.000000149. The highest BCUT2D eigenvalue weighted by atomic mass is 35.5. The lowest BCUT2D eigenvalue weighted by molar-refractivity contribution is -0.138. The van der Waals surface area contributed by atoms with E-state index in [1.165, 1.54) is 43.3 Å². The summed E-state index contributed by atoms with van der Waals surface area (Å²) in [6.45, 7) is 1.40. The number of aromatic hydroxyl groups is 1. The van der Waals surface area contributed by atoms with Crippen molar-refractivity contribution in [3.63, 3.8) is 0 Å². The number of aliphatic hydroxyl groups is 1. The molecule has 21 heteroatoms. The summed E-state index contributed by atoms with van der Waals surface area (Å²) in [5, 5.41) is 21.1. The van der Waals surface area contributed by atoms with E-state index in [1.807, 2.05) is 48.5 Å². The van der Waals surface area contributed by atoms with E-state index >= 15 is 0 Å². The number of para-hydroxylation sites is 1. The first-order chi connectivity index (χ1) is 42.9. The summed E-state index contributed by atoms with van der Waals surface area (Å²) in [5.74, 6) is 1.67. The molecule has 90 heavy (non-hydrogen) atoms. The number of alkyl halides is 9. The molecular weight excluding hydrogens is 1240 g/mol. The number of hydrogen-bond acceptors (Lipinski definition) is 6. The summed E-state index contributed by atoms with van der Waals surface area (Å²) >= 11 is 19.3. The maximum atomic E-state index is 12.7. The number of fused-ring (bicyclic) bond motifs is 3. The van der Waals surface area contributed by atoms with E-state index in [0.29, 0.717) is 99.1 Å². The van der Waals surface area contributed by atoms with Crippen LogP contribution in [0.1, 0.15) is 73.7 Å². The van der Waals surface area contributed by atoms with Crippen LogP contribution in [0.4, 0.5) is 39.5 Å². The van der Waals surface area contributed by atoms with Crippen LogP contribution in [-0.4, -0.2) is 45.9 Å². The molecule has 0 fully saturated rings. The normalized spacial score (nSPS) is 12.1. The van der Waals surface area contributed by atoms with Gasteiger partial charge in [0, 0.05) is 27.8 Å². The Hall–Kier alpha value is -9.72. The molecule has 0 atom stereocenters. The van der Waals surface area contributed by atoms with Gasteiger partial charge in [0.05, 0.1) is 71.5 Å². The number of halogens is 12. The molecule has 0 radical (unpaired) electrons. The second-order valence-corrected chi connectivity index (χ2v) is 21.4. The van der Waals surface area contributed by atoms with Gasteiger partial charge in [-0.15, -0.1) is 0 Å². The number of carbonyl (C=O) groups is 1. The zero-order valence-electron chi connectivity index (χ0n) is 46.7. The number of H-pyrrole nitrogens is 3. The second-order valence-electron chi connectivity index (χ2n) is 20.2. The SMILES string of the molecule is CC(=O)c1ccccc1-c1cc2nc(/C=C/c3ccc(C(F)(F)F)cc3)[nH]c2cc1Cl.OCc1ccccc1-c1cc2nc(/C=C/c3ccc(C(F)(F)F)cc3)[nH]c2cc1Cl.Oc1ccccc1-c1cc2nc(/C=C/c3ccc(C(F)(F)F)cc3)[nH]c2cc1Cl. The number of carbonyl (C=O) groups excluding carboxylic acids is 1. The van der Waals surface area contributed by atoms with Crippen molar-refractivity contribution in [2.75, 3.05) is 0 Å². The average Bonchev–Trinajstić information content (AvgIpc) is 1.62. The second kappa shape index (κ2) is 26.5. The van der Waals surface area contributed by atoms with Crippen LogP contribution in [0.3, 0.4) is 0 Å². The minimum atomic E-state index is -4.36. The first-order valence-corrected chi connectivity index (χ1v) is 28.2. The quantitative estimate of drug-likeness (QED) is 0.0645. The van der Waals surface area contributed by atoms with Crippen LogP contribution < -0.4 is 0 Å². The van der Waals surface area contributed by atoms with E-state index in [4.69, 9.17) is 34.8 Å². The highest BCUT2D eigenvalue weighted by Crippen LogP contribution is 2.39. The van der Waals surface area contributed by atoms with Gasteiger partial charge in [-0.05, 0) is 137 Å². The molecule has 9 nitrogen and oxygen atoms in total. The van der Waals surface area contributed by atoms with Gasteiger partial charge in [0.15, 0.2) is 5.78 Å². The van der Waals surface area contributed by atoms with E-state index in [2.05, 4.69) is 29.9 Å². The van der Waals surface area contributed by atoms with Crippen molar-refractivity contribution in [1.29, 1.82) is 0 Å². The van der Waals surface area contributed by atoms with Crippen molar-refractivity contribution < 1.29 is 54.5 Å². The molecule has 0 bridgehead atoms. The van der Waals surface area contributed by atoms with E-state index in [-0.39, 0.29) is 18.1 Å². The molecular formula is C69H46Cl3F9N6O3.